The predicted molar refractivity (Wildman–Crippen MR) is 112 cm³/mol. The van der Waals surface area contributed by atoms with E-state index in [0.29, 0.717) is 29.7 Å². The molecule has 2 aliphatic rings. The van der Waals surface area contributed by atoms with E-state index in [1.807, 2.05) is 26.8 Å². The second-order valence-corrected chi connectivity index (χ2v) is 9.51. The minimum absolute atomic E-state index is 0.0299. The Hall–Kier alpha value is -2.54. The summed E-state index contributed by atoms with van der Waals surface area (Å²) in [5.41, 5.74) is -0.00354. The van der Waals surface area contributed by atoms with E-state index in [0.717, 1.165) is 12.8 Å². The fraction of sp³-hybridized carbons (Fsp3) is 0.583. The lowest BCUT2D eigenvalue weighted by atomic mass is 9.69. The Morgan fingerprint density at radius 2 is 2.03 bits per heavy atom. The van der Waals surface area contributed by atoms with Crippen LogP contribution in [0.4, 0.5) is 0 Å². The van der Waals surface area contributed by atoms with E-state index >= 15 is 0 Å². The van der Waals surface area contributed by atoms with Crippen molar-refractivity contribution in [2.45, 2.75) is 71.4 Å². The van der Waals surface area contributed by atoms with E-state index in [1.54, 1.807) is 19.2 Å². The van der Waals surface area contributed by atoms with Gasteiger partial charge in [0.2, 0.25) is 0 Å². The van der Waals surface area contributed by atoms with Gasteiger partial charge in [-0.15, -0.1) is 0 Å². The number of rotatable bonds is 8. The number of hydrogen-bond donors (Lipinski definition) is 2. The van der Waals surface area contributed by atoms with Gasteiger partial charge in [0.1, 0.15) is 0 Å². The second kappa shape index (κ2) is 8.54. The number of carboxylic acid groups (broad SMARTS) is 1. The molecule has 0 aliphatic heterocycles. The largest absolute Gasteiger partial charge is 0.476 e. The van der Waals surface area contributed by atoms with Crippen molar-refractivity contribution in [3.8, 4) is 0 Å². The molecule has 31 heavy (non-hydrogen) atoms. The number of fused-ring (bicyclic) bond motifs is 2. The summed E-state index contributed by atoms with van der Waals surface area (Å²) in [6.07, 6.45) is 7.35. The maximum absolute atomic E-state index is 13.2. The number of aliphatic carboxylic acids is 1. The maximum atomic E-state index is 13.2. The molecule has 1 aromatic rings. The lowest BCUT2D eigenvalue weighted by molar-refractivity contribution is -0.711. The average Bonchev–Trinajstić information content (AvgIpc) is 3.03. The fourth-order valence-electron chi connectivity index (χ4n) is 4.67. The molecule has 2 aliphatic carbocycles. The van der Waals surface area contributed by atoms with Gasteiger partial charge in [0.15, 0.2) is 18.2 Å². The van der Waals surface area contributed by atoms with Crippen LogP contribution >= 0.6 is 0 Å². The van der Waals surface area contributed by atoms with Gasteiger partial charge in [-0.1, -0.05) is 33.3 Å². The van der Waals surface area contributed by atoms with Crippen molar-refractivity contribution in [3.05, 3.63) is 41.2 Å². The second-order valence-electron chi connectivity index (χ2n) is 9.51. The first-order chi connectivity index (χ1) is 14.5. The number of ether oxygens (including phenoxy) is 1. The van der Waals surface area contributed by atoms with E-state index in [-0.39, 0.29) is 30.0 Å². The lowest BCUT2D eigenvalue weighted by Gasteiger charge is -2.37. The first-order valence-electron chi connectivity index (χ1n) is 10.9. The number of unbranched alkanes of at least 4 members (excludes halogenated alkanes) is 1. The molecular formula is C24H32NO6+. The van der Waals surface area contributed by atoms with Gasteiger partial charge >= 0.3 is 11.9 Å². The maximum Gasteiger partial charge on any atom is 0.373 e. The van der Waals surface area contributed by atoms with Crippen molar-refractivity contribution in [1.29, 1.82) is 0 Å². The van der Waals surface area contributed by atoms with Gasteiger partial charge in [0, 0.05) is 29.5 Å². The first-order valence-corrected chi connectivity index (χ1v) is 10.9. The molecule has 0 spiro atoms. The molecule has 1 heterocycles. The minimum Gasteiger partial charge on any atom is -0.476 e. The number of hydrogen-bond acceptors (Lipinski definition) is 5. The number of nitrogens with zero attached hydrogens (tertiary/aromatic N) is 1. The molecule has 2 N–H and O–H groups in total. The molecule has 7 nitrogen and oxygen atoms in total. The van der Waals surface area contributed by atoms with Gasteiger partial charge in [-0.05, 0) is 25.2 Å². The van der Waals surface area contributed by atoms with Crippen molar-refractivity contribution in [3.63, 3.8) is 0 Å². The summed E-state index contributed by atoms with van der Waals surface area (Å²) >= 11 is 0. The molecule has 3 atom stereocenters. The summed E-state index contributed by atoms with van der Waals surface area (Å²) in [5, 5.41) is 21.0. The monoisotopic (exact) mass is 430 g/mol. The quantitative estimate of drug-likeness (QED) is 0.373. The Bertz CT molecular complexity index is 930. The van der Waals surface area contributed by atoms with Crippen LogP contribution in [0.1, 0.15) is 81.8 Å². The van der Waals surface area contributed by atoms with Gasteiger partial charge in [0.05, 0.1) is 24.2 Å². The van der Waals surface area contributed by atoms with Gasteiger partial charge in [-0.3, -0.25) is 9.59 Å². The third-order valence-electron chi connectivity index (χ3n) is 6.39. The van der Waals surface area contributed by atoms with Crippen LogP contribution in [0.2, 0.25) is 0 Å². The highest BCUT2D eigenvalue weighted by atomic mass is 16.5. The van der Waals surface area contributed by atoms with Crippen molar-refractivity contribution in [1.82, 2.24) is 0 Å². The number of esters is 1. The summed E-state index contributed by atoms with van der Waals surface area (Å²) < 4.78 is 6.55. The molecule has 0 amide bonds. The number of aromatic nitrogens is 1. The average molecular weight is 431 g/mol. The number of pyridine rings is 1. The van der Waals surface area contributed by atoms with Crippen LogP contribution in [-0.4, -0.2) is 34.5 Å². The Labute approximate surface area is 182 Å². The van der Waals surface area contributed by atoms with E-state index in [1.165, 1.54) is 10.8 Å². The van der Waals surface area contributed by atoms with E-state index in [9.17, 15) is 24.6 Å². The van der Waals surface area contributed by atoms with E-state index in [4.69, 9.17) is 4.74 Å². The van der Waals surface area contributed by atoms with Crippen LogP contribution < -0.4 is 4.57 Å². The molecule has 0 radical (unpaired) electrons. The molecule has 0 aromatic carbocycles. The topological polar surface area (TPSA) is 105 Å². The molecule has 0 fully saturated rings. The van der Waals surface area contributed by atoms with Crippen molar-refractivity contribution < 1.29 is 33.9 Å². The van der Waals surface area contributed by atoms with Gasteiger partial charge in [-0.2, -0.15) is 4.57 Å². The fourth-order valence-corrected chi connectivity index (χ4v) is 4.67. The summed E-state index contributed by atoms with van der Waals surface area (Å²) in [7, 11) is 0. The zero-order chi connectivity index (χ0) is 23.0. The molecule has 0 bridgehead atoms. The van der Waals surface area contributed by atoms with Crippen LogP contribution in [0.5, 0.6) is 0 Å². The Morgan fingerprint density at radius 3 is 2.68 bits per heavy atom. The Balaban J connectivity index is 1.87. The Kier molecular flexibility index (Phi) is 6.37. The summed E-state index contributed by atoms with van der Waals surface area (Å²) in [6, 6.07) is 0.610. The molecule has 0 saturated heterocycles. The number of carboxylic acids is 1. The third kappa shape index (κ3) is 4.56. The van der Waals surface area contributed by atoms with Crippen LogP contribution in [0.25, 0.3) is 0 Å². The first kappa shape index (κ1) is 23.1. The summed E-state index contributed by atoms with van der Waals surface area (Å²) in [4.78, 5) is 37.0. The molecule has 3 rings (SSSR count). The zero-order valence-electron chi connectivity index (χ0n) is 18.7. The van der Waals surface area contributed by atoms with E-state index < -0.39 is 23.6 Å². The smallest absolute Gasteiger partial charge is 0.373 e. The highest BCUT2D eigenvalue weighted by Crippen LogP contribution is 2.52. The molecule has 0 unspecified atom stereocenters. The molecule has 1 aromatic heterocycles. The van der Waals surface area contributed by atoms with Crippen LogP contribution in [0, 0.1) is 11.3 Å². The van der Waals surface area contributed by atoms with Gasteiger partial charge < -0.3 is 14.9 Å². The lowest BCUT2D eigenvalue weighted by Crippen LogP contribution is -2.47. The number of aliphatic hydroxyl groups is 1. The molecule has 0 saturated carbocycles. The SMILES string of the molecule is CCCCOC(=O)CC[C@H](C(=O)O)[n+]1ccc2c(c1)C(=O)C1=CC(C)(C)C[C@@H]1[C@@]2(C)O. The molecule has 7 heteroatoms. The van der Waals surface area contributed by atoms with Crippen LogP contribution in [-0.2, 0) is 19.9 Å². The van der Waals surface area contributed by atoms with E-state index in [2.05, 4.69) is 0 Å². The zero-order valence-corrected chi connectivity index (χ0v) is 18.7. The number of carbonyl (C=O) groups is 3. The van der Waals surface area contributed by atoms with Crippen molar-refractivity contribution in [2.24, 2.45) is 11.3 Å². The van der Waals surface area contributed by atoms with Crippen LogP contribution in [0.3, 0.4) is 0 Å². The molecule has 168 valence electrons. The Morgan fingerprint density at radius 1 is 1.32 bits per heavy atom. The highest BCUT2D eigenvalue weighted by molar-refractivity contribution is 6.11. The standard InChI is InChI=1S/C24H31NO6/c1-5-6-11-31-20(26)8-7-19(22(28)29)25-10-9-17-16(14-25)21(27)15-12-23(2,3)13-18(15)24(17,4)30/h9-10,12,14,18-19,30H,5-8,11,13H2,1-4H3/p+1/t18-,19+,24-/m0/s1. The number of allylic oxidation sites excluding steroid dienone is 1. The summed E-state index contributed by atoms with van der Waals surface area (Å²) in [5.74, 6) is -1.99. The minimum atomic E-state index is -1.22. The normalized spacial score (nSPS) is 24.7. The van der Waals surface area contributed by atoms with Gasteiger partial charge in [-0.25, -0.2) is 4.79 Å². The molecular weight excluding hydrogens is 398 g/mol. The van der Waals surface area contributed by atoms with Gasteiger partial charge in [0.25, 0.3) is 6.04 Å². The number of carbonyl (C=O) groups excluding carboxylic acids is 2. The summed E-state index contributed by atoms with van der Waals surface area (Å²) in [6.45, 7) is 8.10. The van der Waals surface area contributed by atoms with Crippen LogP contribution in [0.15, 0.2) is 30.1 Å². The number of ketones is 1. The van der Waals surface area contributed by atoms with Crippen molar-refractivity contribution in [2.75, 3.05) is 6.61 Å². The number of Topliss-reactive ketones (excluding diaryl/α,β-unsaturated/α-hetero) is 1. The predicted octanol–water partition coefficient (Wildman–Crippen LogP) is 3.10. The third-order valence-corrected chi connectivity index (χ3v) is 6.39. The van der Waals surface area contributed by atoms with Crippen molar-refractivity contribution >= 4 is 17.7 Å². The highest BCUT2D eigenvalue weighted by Gasteiger charge is 2.51.